The Balaban J connectivity index is 1.58. The van der Waals surface area contributed by atoms with Crippen molar-refractivity contribution in [2.45, 2.75) is 13.5 Å². The maximum absolute atomic E-state index is 13.1. The molecule has 5 aromatic rings. The Bertz CT molecular complexity index is 1570. The fourth-order valence-corrected chi connectivity index (χ4v) is 4.23. The van der Waals surface area contributed by atoms with Crippen LogP contribution in [0.25, 0.3) is 28.0 Å². The minimum Gasteiger partial charge on any atom is -0.494 e. The summed E-state index contributed by atoms with van der Waals surface area (Å²) >= 11 is 0. The fraction of sp³-hybridized carbons (Fsp3) is 0.172. The number of para-hydroxylation sites is 1. The molecule has 188 valence electrons. The average molecular weight is 497 g/mol. The molecule has 8 heteroatoms. The molecule has 0 saturated heterocycles. The third-order valence-corrected chi connectivity index (χ3v) is 6.07. The van der Waals surface area contributed by atoms with Crippen molar-refractivity contribution in [1.82, 2.24) is 14.8 Å². The van der Waals surface area contributed by atoms with E-state index in [9.17, 15) is 4.79 Å². The molecule has 0 saturated carbocycles. The lowest BCUT2D eigenvalue weighted by atomic mass is 10.1. The number of rotatable bonds is 9. The summed E-state index contributed by atoms with van der Waals surface area (Å²) in [5.41, 5.74) is 4.33. The molecule has 0 aliphatic heterocycles. The summed E-state index contributed by atoms with van der Waals surface area (Å²) in [5, 5.41) is 9.05. The van der Waals surface area contributed by atoms with Crippen molar-refractivity contribution in [3.63, 3.8) is 0 Å². The van der Waals surface area contributed by atoms with Crippen LogP contribution in [0.1, 0.15) is 12.5 Å². The van der Waals surface area contributed by atoms with Crippen molar-refractivity contribution in [3.8, 4) is 34.2 Å². The van der Waals surface area contributed by atoms with E-state index in [1.165, 1.54) is 0 Å². The molecule has 0 radical (unpaired) electrons. The highest BCUT2D eigenvalue weighted by Crippen LogP contribution is 2.35. The lowest BCUT2D eigenvalue weighted by Crippen LogP contribution is -2.16. The first-order valence-corrected chi connectivity index (χ1v) is 12.0. The van der Waals surface area contributed by atoms with Gasteiger partial charge >= 0.3 is 0 Å². The van der Waals surface area contributed by atoms with Crippen LogP contribution in [0.4, 0.5) is 5.69 Å². The van der Waals surface area contributed by atoms with Gasteiger partial charge in [0.2, 0.25) is 0 Å². The number of pyridine rings is 1. The zero-order valence-corrected chi connectivity index (χ0v) is 20.9. The number of H-pyrrole nitrogens is 1. The van der Waals surface area contributed by atoms with Crippen molar-refractivity contribution in [2.75, 3.05) is 26.1 Å². The van der Waals surface area contributed by atoms with Gasteiger partial charge in [0.1, 0.15) is 17.1 Å². The second-order valence-corrected chi connectivity index (χ2v) is 8.36. The summed E-state index contributed by atoms with van der Waals surface area (Å²) in [5.74, 6) is 2.04. The van der Waals surface area contributed by atoms with Gasteiger partial charge in [-0.25, -0.2) is 4.68 Å². The second kappa shape index (κ2) is 10.5. The average Bonchev–Trinajstić information content (AvgIpc) is 3.30. The maximum Gasteiger partial charge on any atom is 0.254 e. The Labute approximate surface area is 214 Å². The number of aromatic nitrogens is 3. The van der Waals surface area contributed by atoms with Crippen molar-refractivity contribution >= 4 is 16.7 Å². The number of ether oxygens (including phenoxy) is 3. The topological polar surface area (TPSA) is 90.4 Å². The number of nitrogens with zero attached hydrogens (tertiary/aromatic N) is 2. The molecule has 0 aliphatic carbocycles. The van der Waals surface area contributed by atoms with Crippen LogP contribution < -0.4 is 25.1 Å². The summed E-state index contributed by atoms with van der Waals surface area (Å²) in [6, 6.07) is 24.9. The van der Waals surface area contributed by atoms with Gasteiger partial charge in [-0.05, 0) is 67.6 Å². The first-order chi connectivity index (χ1) is 18.1. The van der Waals surface area contributed by atoms with Crippen molar-refractivity contribution in [1.29, 1.82) is 0 Å². The summed E-state index contributed by atoms with van der Waals surface area (Å²) in [6.07, 6.45) is 0. The van der Waals surface area contributed by atoms with E-state index in [0.717, 1.165) is 33.8 Å². The maximum atomic E-state index is 13.1. The number of anilines is 1. The van der Waals surface area contributed by atoms with E-state index in [1.54, 1.807) is 18.9 Å². The SMILES string of the molecule is CCOc1ccc(NCc2cc3c(-c4ccc(OC)c(OC)c4)nn(-c4ccccc4)c3[nH]c2=O)cc1. The molecule has 3 aromatic carbocycles. The molecule has 8 nitrogen and oxygen atoms in total. The van der Waals surface area contributed by atoms with Crippen molar-refractivity contribution in [2.24, 2.45) is 0 Å². The van der Waals surface area contributed by atoms with Crippen LogP contribution in [0.15, 0.2) is 83.7 Å². The fourth-order valence-electron chi connectivity index (χ4n) is 4.23. The van der Waals surface area contributed by atoms with E-state index in [2.05, 4.69) is 10.3 Å². The third kappa shape index (κ3) is 4.86. The Morgan fingerprint density at radius 3 is 2.38 bits per heavy atom. The Morgan fingerprint density at radius 1 is 0.919 bits per heavy atom. The first kappa shape index (κ1) is 24.0. The van der Waals surface area contributed by atoms with Gasteiger partial charge in [-0.15, -0.1) is 0 Å². The van der Waals surface area contributed by atoms with Crippen LogP contribution in [0.5, 0.6) is 17.2 Å². The molecule has 2 N–H and O–H groups in total. The van der Waals surface area contributed by atoms with E-state index in [4.69, 9.17) is 19.3 Å². The summed E-state index contributed by atoms with van der Waals surface area (Å²) in [4.78, 5) is 16.2. The highest BCUT2D eigenvalue weighted by Gasteiger charge is 2.18. The minimum atomic E-state index is -0.179. The van der Waals surface area contributed by atoms with Crippen LogP contribution in [0.3, 0.4) is 0 Å². The van der Waals surface area contributed by atoms with E-state index >= 15 is 0 Å². The lowest BCUT2D eigenvalue weighted by Gasteiger charge is -2.09. The molecule has 0 unspecified atom stereocenters. The van der Waals surface area contributed by atoms with Crippen molar-refractivity contribution in [3.05, 3.63) is 94.8 Å². The number of aromatic amines is 1. The highest BCUT2D eigenvalue weighted by molar-refractivity contribution is 5.93. The number of fused-ring (bicyclic) bond motifs is 1. The molecule has 0 aliphatic rings. The Kier molecular flexibility index (Phi) is 6.81. The molecule has 2 aromatic heterocycles. The van der Waals surface area contributed by atoms with Gasteiger partial charge < -0.3 is 24.5 Å². The van der Waals surface area contributed by atoms with Crippen molar-refractivity contribution < 1.29 is 14.2 Å². The summed E-state index contributed by atoms with van der Waals surface area (Å²) in [6.45, 7) is 2.91. The molecule has 0 fully saturated rings. The molecular formula is C29H28N4O4. The molecule has 0 amide bonds. The number of benzene rings is 3. The monoisotopic (exact) mass is 496 g/mol. The quantitative estimate of drug-likeness (QED) is 0.284. The predicted molar refractivity (Wildman–Crippen MR) is 145 cm³/mol. The van der Waals surface area contributed by atoms with Gasteiger partial charge in [-0.2, -0.15) is 5.10 Å². The van der Waals surface area contributed by atoms with Gasteiger partial charge in [0.15, 0.2) is 11.5 Å². The Hall–Kier alpha value is -4.72. The molecule has 2 heterocycles. The third-order valence-electron chi connectivity index (χ3n) is 6.07. The number of hydrogen-bond acceptors (Lipinski definition) is 6. The van der Waals surface area contributed by atoms with E-state index in [-0.39, 0.29) is 5.56 Å². The molecule has 5 rings (SSSR count). The molecule has 37 heavy (non-hydrogen) atoms. The van der Waals surface area contributed by atoms with Crippen LogP contribution in [-0.4, -0.2) is 35.6 Å². The first-order valence-electron chi connectivity index (χ1n) is 12.0. The van der Waals surface area contributed by atoms with Gasteiger partial charge in [-0.3, -0.25) is 4.79 Å². The number of hydrogen-bond donors (Lipinski definition) is 2. The van der Waals surface area contributed by atoms with Gasteiger partial charge in [0, 0.05) is 28.7 Å². The normalized spacial score (nSPS) is 10.9. The van der Waals surface area contributed by atoms with E-state index in [1.807, 2.05) is 85.8 Å². The van der Waals surface area contributed by atoms with Gasteiger partial charge in [0.25, 0.3) is 5.56 Å². The number of methoxy groups -OCH3 is 2. The highest BCUT2D eigenvalue weighted by atomic mass is 16.5. The van der Waals surface area contributed by atoms with E-state index < -0.39 is 0 Å². The zero-order chi connectivity index (χ0) is 25.8. The summed E-state index contributed by atoms with van der Waals surface area (Å²) in [7, 11) is 3.20. The Morgan fingerprint density at radius 2 is 1.68 bits per heavy atom. The molecule has 0 spiro atoms. The lowest BCUT2D eigenvalue weighted by molar-refractivity contribution is 0.340. The van der Waals surface area contributed by atoms with Crippen LogP contribution in [0.2, 0.25) is 0 Å². The standard InChI is InChI=1S/C29H28N4O4/c1-4-37-23-13-11-21(12-14-23)30-18-20-16-24-27(19-10-15-25(35-2)26(17-19)36-3)32-33(28(24)31-29(20)34)22-8-6-5-7-9-22/h5-17,30H,4,18H2,1-3H3,(H,31,34). The van der Waals surface area contributed by atoms with Gasteiger partial charge in [0.05, 0.1) is 26.5 Å². The van der Waals surface area contributed by atoms with Gasteiger partial charge in [-0.1, -0.05) is 18.2 Å². The van der Waals surface area contributed by atoms with Crippen LogP contribution in [0, 0.1) is 0 Å². The molecule has 0 atom stereocenters. The molecule has 0 bridgehead atoms. The smallest absolute Gasteiger partial charge is 0.254 e. The second-order valence-electron chi connectivity index (χ2n) is 8.36. The largest absolute Gasteiger partial charge is 0.494 e. The van der Waals surface area contributed by atoms with E-state index in [0.29, 0.717) is 35.9 Å². The van der Waals surface area contributed by atoms with Crippen LogP contribution >= 0.6 is 0 Å². The van der Waals surface area contributed by atoms with Crippen LogP contribution in [-0.2, 0) is 6.54 Å². The minimum absolute atomic E-state index is 0.179. The summed E-state index contributed by atoms with van der Waals surface area (Å²) < 4.78 is 18.2. The zero-order valence-electron chi connectivity index (χ0n) is 20.9. The molecular weight excluding hydrogens is 468 g/mol. The number of nitrogens with one attached hydrogen (secondary N) is 2. The predicted octanol–water partition coefficient (Wildman–Crippen LogP) is 5.41.